The van der Waals surface area contributed by atoms with Crippen LogP contribution >= 0.6 is 11.8 Å². The summed E-state index contributed by atoms with van der Waals surface area (Å²) < 4.78 is 5.47. The maximum Gasteiger partial charge on any atom is 0.230 e. The van der Waals surface area contributed by atoms with Crippen LogP contribution in [0.2, 0.25) is 0 Å². The first-order valence-corrected chi connectivity index (χ1v) is 7.92. The predicted octanol–water partition coefficient (Wildman–Crippen LogP) is 2.52. The molecule has 0 bridgehead atoms. The van der Waals surface area contributed by atoms with Gasteiger partial charge in [-0.15, -0.1) is 11.8 Å². The lowest BCUT2D eigenvalue weighted by atomic mass is 10.1. The molecule has 104 valence electrons. The van der Waals surface area contributed by atoms with Gasteiger partial charge in [0.25, 0.3) is 0 Å². The summed E-state index contributed by atoms with van der Waals surface area (Å²) in [5.74, 6) is 1.51. The Balaban J connectivity index is 1.62. The van der Waals surface area contributed by atoms with Gasteiger partial charge in [0.05, 0.1) is 11.9 Å². The molecule has 0 spiro atoms. The summed E-state index contributed by atoms with van der Waals surface area (Å²) in [5.41, 5.74) is 2.59. The average Bonchev–Trinajstić information content (AvgIpc) is 2.92. The molecule has 0 aliphatic carbocycles. The normalized spacial score (nSPS) is 18.5. The number of thioether (sulfide) groups is 1. The smallest absolute Gasteiger partial charge is 0.230 e. The van der Waals surface area contributed by atoms with Crippen LogP contribution in [0.1, 0.15) is 24.0 Å². The van der Waals surface area contributed by atoms with Gasteiger partial charge in [0.1, 0.15) is 0 Å². The molecular formula is C15H21NO2S. The molecule has 3 nitrogen and oxygen atoms in total. The van der Waals surface area contributed by atoms with Crippen molar-refractivity contribution in [2.45, 2.75) is 31.6 Å². The summed E-state index contributed by atoms with van der Waals surface area (Å²) in [6.45, 7) is 3.60. The lowest BCUT2D eigenvalue weighted by Gasteiger charge is -2.10. The van der Waals surface area contributed by atoms with E-state index in [4.69, 9.17) is 4.74 Å². The van der Waals surface area contributed by atoms with Gasteiger partial charge in [0, 0.05) is 18.9 Å². The molecule has 19 heavy (non-hydrogen) atoms. The van der Waals surface area contributed by atoms with Crippen LogP contribution in [-0.2, 0) is 15.3 Å². The second-order valence-electron chi connectivity index (χ2n) is 4.86. The molecule has 0 aromatic heterocycles. The maximum absolute atomic E-state index is 11.7. The number of hydrogen-bond acceptors (Lipinski definition) is 3. The van der Waals surface area contributed by atoms with Gasteiger partial charge in [0.2, 0.25) is 5.91 Å². The molecule has 1 saturated heterocycles. The van der Waals surface area contributed by atoms with Crippen LogP contribution in [0.25, 0.3) is 0 Å². The fourth-order valence-electron chi connectivity index (χ4n) is 2.11. The predicted molar refractivity (Wildman–Crippen MR) is 79.3 cm³/mol. The lowest BCUT2D eigenvalue weighted by molar-refractivity contribution is -0.119. The van der Waals surface area contributed by atoms with Crippen molar-refractivity contribution in [2.24, 2.45) is 0 Å². The molecule has 1 aliphatic rings. The highest BCUT2D eigenvalue weighted by atomic mass is 32.2. The van der Waals surface area contributed by atoms with Crippen LogP contribution in [0.4, 0.5) is 0 Å². The van der Waals surface area contributed by atoms with Crippen molar-refractivity contribution >= 4 is 17.7 Å². The number of ether oxygens (including phenoxy) is 1. The van der Waals surface area contributed by atoms with Crippen LogP contribution in [-0.4, -0.2) is 30.9 Å². The van der Waals surface area contributed by atoms with E-state index in [1.807, 2.05) is 12.1 Å². The van der Waals surface area contributed by atoms with Crippen molar-refractivity contribution < 1.29 is 9.53 Å². The number of nitrogens with one attached hydrogen (secondary N) is 1. The minimum atomic E-state index is 0.106. The zero-order valence-electron chi connectivity index (χ0n) is 11.4. The third kappa shape index (κ3) is 4.88. The van der Waals surface area contributed by atoms with Crippen LogP contribution in [0.15, 0.2) is 24.3 Å². The van der Waals surface area contributed by atoms with E-state index in [2.05, 4.69) is 24.4 Å². The van der Waals surface area contributed by atoms with Gasteiger partial charge >= 0.3 is 0 Å². The Morgan fingerprint density at radius 3 is 3.05 bits per heavy atom. The number of carbonyl (C=O) groups is 1. The fourth-order valence-corrected chi connectivity index (χ4v) is 3.04. The third-order valence-electron chi connectivity index (χ3n) is 3.30. The second-order valence-corrected chi connectivity index (χ2v) is 5.84. The molecule has 2 rings (SSSR count). The molecule has 1 atom stereocenters. The van der Waals surface area contributed by atoms with Gasteiger partial charge in [-0.2, -0.15) is 0 Å². The Morgan fingerprint density at radius 2 is 2.32 bits per heavy atom. The Bertz CT molecular complexity index is 416. The Labute approximate surface area is 119 Å². The van der Waals surface area contributed by atoms with Crippen molar-refractivity contribution in [1.82, 2.24) is 5.32 Å². The third-order valence-corrected chi connectivity index (χ3v) is 4.28. The van der Waals surface area contributed by atoms with Gasteiger partial charge in [-0.05, 0) is 30.9 Å². The molecule has 1 aromatic rings. The van der Waals surface area contributed by atoms with E-state index in [0.29, 0.717) is 12.3 Å². The van der Waals surface area contributed by atoms with Crippen molar-refractivity contribution in [1.29, 1.82) is 0 Å². The number of aryl methyl sites for hydroxylation is 1. The fraction of sp³-hybridized carbons (Fsp3) is 0.533. The number of carbonyl (C=O) groups excluding carboxylic acids is 1. The van der Waals surface area contributed by atoms with Crippen molar-refractivity contribution in [2.75, 3.05) is 18.9 Å². The molecule has 1 aromatic carbocycles. The number of rotatable bonds is 6. The van der Waals surface area contributed by atoms with E-state index >= 15 is 0 Å². The number of benzene rings is 1. The van der Waals surface area contributed by atoms with E-state index < -0.39 is 0 Å². The zero-order valence-corrected chi connectivity index (χ0v) is 12.2. The molecule has 0 radical (unpaired) electrons. The van der Waals surface area contributed by atoms with Crippen molar-refractivity contribution in [3.63, 3.8) is 0 Å². The van der Waals surface area contributed by atoms with Crippen LogP contribution in [0, 0.1) is 6.92 Å². The second kappa shape index (κ2) is 7.56. The van der Waals surface area contributed by atoms with Crippen molar-refractivity contribution in [3.05, 3.63) is 35.4 Å². The summed E-state index contributed by atoms with van der Waals surface area (Å²) in [7, 11) is 0. The van der Waals surface area contributed by atoms with Gasteiger partial charge < -0.3 is 10.1 Å². The zero-order chi connectivity index (χ0) is 13.5. The molecule has 1 fully saturated rings. The SMILES string of the molecule is Cc1ccccc1CSCC(=O)NC[C@H]1CCCO1. The molecular weight excluding hydrogens is 258 g/mol. The highest BCUT2D eigenvalue weighted by Crippen LogP contribution is 2.15. The molecule has 4 heteroatoms. The van der Waals surface area contributed by atoms with Gasteiger partial charge in [-0.25, -0.2) is 0 Å². The number of amides is 1. The first-order chi connectivity index (χ1) is 9.25. The van der Waals surface area contributed by atoms with Gasteiger partial charge in [-0.3, -0.25) is 4.79 Å². The van der Waals surface area contributed by atoms with Crippen LogP contribution in [0.3, 0.4) is 0 Å². The Morgan fingerprint density at radius 1 is 1.47 bits per heavy atom. The first-order valence-electron chi connectivity index (χ1n) is 6.76. The van der Waals surface area contributed by atoms with Gasteiger partial charge in [0.15, 0.2) is 0 Å². The standard InChI is InChI=1S/C15H21NO2S/c1-12-5-2-3-6-13(12)10-19-11-15(17)16-9-14-7-4-8-18-14/h2-3,5-6,14H,4,7-11H2,1H3,(H,16,17)/t14-/m1/s1. The molecule has 1 N–H and O–H groups in total. The summed E-state index contributed by atoms with van der Waals surface area (Å²) in [6, 6.07) is 8.30. The molecule has 0 saturated carbocycles. The van der Waals surface area contributed by atoms with Crippen LogP contribution < -0.4 is 5.32 Å². The van der Waals surface area contributed by atoms with E-state index in [-0.39, 0.29) is 12.0 Å². The monoisotopic (exact) mass is 279 g/mol. The highest BCUT2D eigenvalue weighted by Gasteiger charge is 2.15. The number of hydrogen-bond donors (Lipinski definition) is 1. The van der Waals surface area contributed by atoms with Gasteiger partial charge in [-0.1, -0.05) is 24.3 Å². The topological polar surface area (TPSA) is 38.3 Å². The Hall–Kier alpha value is -1.00. The molecule has 1 aliphatic heterocycles. The summed E-state index contributed by atoms with van der Waals surface area (Å²) in [5, 5.41) is 2.94. The first kappa shape index (κ1) is 14.4. The minimum Gasteiger partial charge on any atom is -0.376 e. The quantitative estimate of drug-likeness (QED) is 0.869. The van der Waals surface area contributed by atoms with E-state index in [1.165, 1.54) is 11.1 Å². The highest BCUT2D eigenvalue weighted by molar-refractivity contribution is 7.99. The molecule has 1 heterocycles. The van der Waals surface area contributed by atoms with E-state index in [1.54, 1.807) is 11.8 Å². The molecule has 0 unspecified atom stereocenters. The average molecular weight is 279 g/mol. The van der Waals surface area contributed by atoms with Crippen molar-refractivity contribution in [3.8, 4) is 0 Å². The van der Waals surface area contributed by atoms with Crippen LogP contribution in [0.5, 0.6) is 0 Å². The molecule has 1 amide bonds. The maximum atomic E-state index is 11.7. The van der Waals surface area contributed by atoms with E-state index in [0.717, 1.165) is 25.2 Å². The minimum absolute atomic E-state index is 0.106. The summed E-state index contributed by atoms with van der Waals surface area (Å²) >= 11 is 1.66. The lowest BCUT2D eigenvalue weighted by Crippen LogP contribution is -2.32. The summed E-state index contributed by atoms with van der Waals surface area (Å²) in [4.78, 5) is 11.7. The summed E-state index contributed by atoms with van der Waals surface area (Å²) in [6.07, 6.45) is 2.41. The Kier molecular flexibility index (Phi) is 5.73. The largest absolute Gasteiger partial charge is 0.376 e. The van der Waals surface area contributed by atoms with E-state index in [9.17, 15) is 4.79 Å².